The summed E-state index contributed by atoms with van der Waals surface area (Å²) in [5, 5.41) is 10.2. The predicted octanol–water partition coefficient (Wildman–Crippen LogP) is 10.8. The molecule has 0 saturated heterocycles. The first-order chi connectivity index (χ1) is 23.5. The minimum Gasteiger partial charge on any atom is -0.481 e. The summed E-state index contributed by atoms with van der Waals surface area (Å²) < 4.78 is 2.82. The lowest BCUT2D eigenvalue weighted by Crippen LogP contribution is -2.57. The van der Waals surface area contributed by atoms with Crippen LogP contribution in [0.15, 0.2) is 43.0 Å². The third-order valence-electron chi connectivity index (χ3n) is 12.5. The molecule has 49 heavy (non-hydrogen) atoms. The maximum atomic E-state index is 12.4. The summed E-state index contributed by atoms with van der Waals surface area (Å²) in [6.45, 7) is 16.8. The van der Waals surface area contributed by atoms with Crippen LogP contribution >= 0.6 is 11.9 Å². The Bertz CT molecular complexity index is 1310. The van der Waals surface area contributed by atoms with Crippen LogP contribution in [0.4, 0.5) is 0 Å². The van der Waals surface area contributed by atoms with Crippen molar-refractivity contribution in [2.24, 2.45) is 51.8 Å². The molecular formula is C44H63NO3S. The number of terminal acetylenes is 3. The van der Waals surface area contributed by atoms with Crippen molar-refractivity contribution in [2.75, 3.05) is 6.26 Å². The topological polar surface area (TPSA) is 66.4 Å². The lowest BCUT2D eigenvalue weighted by molar-refractivity contribution is -0.166. The Balaban J connectivity index is 0.000000989. The van der Waals surface area contributed by atoms with Gasteiger partial charge in [0.15, 0.2) is 0 Å². The molecular weight excluding hydrogens is 623 g/mol. The highest BCUT2D eigenvalue weighted by atomic mass is 32.2. The standard InChI is InChI=1S/C33H45NO3S.C3H6.C2H6.3C2H2/c1-31(2)25(20-7-9-21(10-8-20)29(35)34-38-4)16-18-32(3)26-13-11-24-22(23(26)12-14-28(31)32)15-19-33(30(36)37)17-5-6-27(24)33;1-3-2;4*1-2/h7-10,16,22-24,26-28H,5-6,11-15,17-19H2,1-4H3,(H,34,35)(H,36,37);3H,1H2,2H3;1-2H3;3*1-2H/t22?,23?,24?,26?,27?,28?,32-,33+;;;;;/m1...../s1. The molecule has 4 fully saturated rings. The van der Waals surface area contributed by atoms with E-state index in [-0.39, 0.29) is 11.3 Å². The molecule has 6 rings (SSSR count). The highest BCUT2D eigenvalue weighted by Gasteiger charge is 2.63. The fraction of sp³-hybridized carbons (Fsp3) is 0.591. The minimum absolute atomic E-state index is 0.0386. The fourth-order valence-corrected chi connectivity index (χ4v) is 11.4. The van der Waals surface area contributed by atoms with Crippen molar-refractivity contribution in [1.29, 1.82) is 0 Å². The van der Waals surface area contributed by atoms with Crippen molar-refractivity contribution >= 4 is 29.4 Å². The summed E-state index contributed by atoms with van der Waals surface area (Å²) in [5.74, 6) is 3.40. The van der Waals surface area contributed by atoms with Crippen molar-refractivity contribution < 1.29 is 14.7 Å². The van der Waals surface area contributed by atoms with Crippen LogP contribution in [-0.4, -0.2) is 23.2 Å². The molecule has 5 aliphatic rings. The zero-order valence-electron chi connectivity index (χ0n) is 31.3. The molecule has 1 aromatic rings. The van der Waals surface area contributed by atoms with Crippen molar-refractivity contribution in [1.82, 2.24) is 4.72 Å². The van der Waals surface area contributed by atoms with E-state index in [2.05, 4.69) is 88.8 Å². The highest BCUT2D eigenvalue weighted by molar-refractivity contribution is 7.97. The zero-order chi connectivity index (χ0) is 37.6. The third kappa shape index (κ3) is 8.35. The molecule has 0 radical (unpaired) electrons. The van der Waals surface area contributed by atoms with Gasteiger partial charge in [-0.15, -0.1) is 45.1 Å². The van der Waals surface area contributed by atoms with Gasteiger partial charge in [0.25, 0.3) is 5.91 Å². The monoisotopic (exact) mass is 685 g/mol. The average Bonchev–Trinajstić information content (AvgIpc) is 3.58. The number of rotatable bonds is 4. The first kappa shape index (κ1) is 43.7. The molecule has 268 valence electrons. The van der Waals surface area contributed by atoms with Gasteiger partial charge in [0.2, 0.25) is 0 Å². The number of fused-ring (bicyclic) bond motifs is 7. The second-order valence-electron chi connectivity index (χ2n) is 14.5. The SMILES string of the molecule is C#C.C#C.C#C.C=CC.CC.CSNC(=O)c1ccc(C2=CC[C@]3(C)C4CCC5C(CC[C@@]6(C(=O)O)CCCC56)C4CCC3C2(C)C)cc1. The molecule has 0 aliphatic heterocycles. The Morgan fingerprint density at radius 1 is 0.857 bits per heavy atom. The molecule has 6 unspecified atom stereocenters. The Morgan fingerprint density at radius 2 is 1.41 bits per heavy atom. The van der Waals surface area contributed by atoms with Gasteiger partial charge in [-0.1, -0.05) is 77.3 Å². The molecule has 8 atom stereocenters. The van der Waals surface area contributed by atoms with Gasteiger partial charge in [0, 0.05) is 11.8 Å². The van der Waals surface area contributed by atoms with Crippen LogP contribution in [0.3, 0.4) is 0 Å². The first-order valence-electron chi connectivity index (χ1n) is 18.0. The molecule has 5 heteroatoms. The van der Waals surface area contributed by atoms with Crippen LogP contribution in [0.5, 0.6) is 0 Å². The van der Waals surface area contributed by atoms with E-state index in [1.54, 1.807) is 6.08 Å². The van der Waals surface area contributed by atoms with E-state index in [1.165, 1.54) is 48.8 Å². The molecule has 0 heterocycles. The van der Waals surface area contributed by atoms with Gasteiger partial charge in [-0.3, -0.25) is 14.3 Å². The fourth-order valence-electron chi connectivity index (χ4n) is 11.0. The van der Waals surface area contributed by atoms with Crippen LogP contribution < -0.4 is 4.72 Å². The number of benzene rings is 1. The summed E-state index contributed by atoms with van der Waals surface area (Å²) >= 11 is 1.33. The van der Waals surface area contributed by atoms with Gasteiger partial charge in [0.1, 0.15) is 0 Å². The molecule has 0 spiro atoms. The third-order valence-corrected chi connectivity index (χ3v) is 12.9. The number of allylic oxidation sites excluding steroid dienone is 3. The van der Waals surface area contributed by atoms with Crippen molar-refractivity contribution in [3.05, 3.63) is 54.1 Å². The predicted molar refractivity (Wildman–Crippen MR) is 211 cm³/mol. The van der Waals surface area contributed by atoms with E-state index in [0.717, 1.165) is 56.3 Å². The van der Waals surface area contributed by atoms with E-state index >= 15 is 0 Å². The van der Waals surface area contributed by atoms with Crippen molar-refractivity contribution in [3.8, 4) is 38.5 Å². The minimum atomic E-state index is -0.499. The van der Waals surface area contributed by atoms with Crippen LogP contribution in [0, 0.1) is 90.3 Å². The number of amides is 1. The van der Waals surface area contributed by atoms with Gasteiger partial charge in [-0.25, -0.2) is 0 Å². The van der Waals surface area contributed by atoms with E-state index in [4.69, 9.17) is 0 Å². The van der Waals surface area contributed by atoms with Crippen LogP contribution in [-0.2, 0) is 4.79 Å². The number of carboxylic acid groups (broad SMARTS) is 1. The molecule has 5 aliphatic carbocycles. The molecule has 0 bridgehead atoms. The van der Waals surface area contributed by atoms with E-state index < -0.39 is 11.4 Å². The van der Waals surface area contributed by atoms with Crippen LogP contribution in [0.25, 0.3) is 5.57 Å². The van der Waals surface area contributed by atoms with E-state index in [0.29, 0.717) is 28.7 Å². The molecule has 4 nitrogen and oxygen atoms in total. The van der Waals surface area contributed by atoms with E-state index in [9.17, 15) is 14.7 Å². The lowest BCUT2D eigenvalue weighted by atomic mass is 9.40. The number of carbonyl (C=O) groups excluding carboxylic acids is 1. The maximum Gasteiger partial charge on any atom is 0.309 e. The second-order valence-corrected chi connectivity index (χ2v) is 15.1. The Labute approximate surface area is 304 Å². The normalized spacial score (nSPS) is 32.4. The highest BCUT2D eigenvalue weighted by Crippen LogP contribution is 2.69. The zero-order valence-corrected chi connectivity index (χ0v) is 32.2. The Hall–Kier alpha value is -3.33. The molecule has 0 aromatic heterocycles. The van der Waals surface area contributed by atoms with Crippen molar-refractivity contribution in [2.45, 2.75) is 106 Å². The number of nitrogens with one attached hydrogen (secondary N) is 1. The van der Waals surface area contributed by atoms with Gasteiger partial charge in [-0.2, -0.15) is 0 Å². The summed E-state index contributed by atoms with van der Waals surface area (Å²) in [4.78, 5) is 24.7. The maximum absolute atomic E-state index is 12.4. The Kier molecular flexibility index (Phi) is 17.6. The largest absolute Gasteiger partial charge is 0.481 e. The van der Waals surface area contributed by atoms with Crippen molar-refractivity contribution in [3.63, 3.8) is 0 Å². The second kappa shape index (κ2) is 19.8. The molecule has 1 aromatic carbocycles. The van der Waals surface area contributed by atoms with Crippen LogP contribution in [0.1, 0.15) is 122 Å². The average molecular weight is 686 g/mol. The lowest BCUT2D eigenvalue weighted by Gasteiger charge is -2.64. The molecule has 2 N–H and O–H groups in total. The number of hydrogen-bond donors (Lipinski definition) is 2. The smallest absolute Gasteiger partial charge is 0.309 e. The number of carboxylic acids is 1. The molecule has 1 amide bonds. The number of aliphatic carboxylic acids is 1. The first-order valence-corrected chi connectivity index (χ1v) is 19.2. The number of carbonyl (C=O) groups is 2. The summed E-state index contributed by atoms with van der Waals surface area (Å²) in [6.07, 6.45) is 41.6. The summed E-state index contributed by atoms with van der Waals surface area (Å²) in [6, 6.07) is 8.21. The van der Waals surface area contributed by atoms with Gasteiger partial charge < -0.3 is 5.11 Å². The van der Waals surface area contributed by atoms with Gasteiger partial charge in [-0.05, 0) is 134 Å². The van der Waals surface area contributed by atoms with Gasteiger partial charge in [0.05, 0.1) is 5.41 Å². The van der Waals surface area contributed by atoms with Crippen LogP contribution in [0.2, 0.25) is 0 Å². The van der Waals surface area contributed by atoms with Gasteiger partial charge >= 0.3 is 5.97 Å². The molecule has 4 saturated carbocycles. The Morgan fingerprint density at radius 3 is 1.96 bits per heavy atom. The summed E-state index contributed by atoms with van der Waals surface area (Å²) in [7, 11) is 0. The number of hydrogen-bond acceptors (Lipinski definition) is 3. The summed E-state index contributed by atoms with van der Waals surface area (Å²) in [5.41, 5.74) is 3.37. The quantitative estimate of drug-likeness (QED) is 0.188. The van der Waals surface area contributed by atoms with E-state index in [1.807, 2.05) is 39.2 Å².